The molecule has 1 atom stereocenters. The maximum Gasteiger partial charge on any atom is 0.309 e. The predicted molar refractivity (Wildman–Crippen MR) is 334 cm³/mol. The molecule has 6 nitrogen and oxygen atoms in total. The number of rotatable bonds is 58. The second kappa shape index (κ2) is 64.6. The normalized spacial score (nSPS) is 12.8. The van der Waals surface area contributed by atoms with Crippen LogP contribution in [0.15, 0.2) is 109 Å². The number of hydrogen-bond acceptors (Lipinski definition) is 6. The van der Waals surface area contributed by atoms with E-state index in [0.29, 0.717) is 12.8 Å². The number of carbonyl (C=O) groups is 3. The third kappa shape index (κ3) is 62.8. The molecule has 0 heterocycles. The van der Waals surface area contributed by atoms with Crippen LogP contribution in [-0.2, 0) is 28.6 Å². The Morgan fingerprint density at radius 2 is 0.558 bits per heavy atom. The number of hydrogen-bond donors (Lipinski definition) is 0. The number of carbonyl (C=O) groups excluding carboxylic acids is 3. The molecule has 0 saturated carbocycles. The summed E-state index contributed by atoms with van der Waals surface area (Å²) in [4.78, 5) is 38.3. The van der Waals surface area contributed by atoms with Crippen molar-refractivity contribution >= 4 is 17.9 Å². The first-order chi connectivity index (χ1) is 38.0. The molecule has 0 bridgehead atoms. The molecule has 0 fully saturated rings. The van der Waals surface area contributed by atoms with E-state index in [9.17, 15) is 14.4 Å². The Hall–Kier alpha value is -3.93. The van der Waals surface area contributed by atoms with Crippen LogP contribution in [0.1, 0.15) is 303 Å². The van der Waals surface area contributed by atoms with Gasteiger partial charge < -0.3 is 14.2 Å². The molecule has 1 unspecified atom stereocenters. The Morgan fingerprint density at radius 3 is 0.922 bits per heavy atom. The quantitative estimate of drug-likeness (QED) is 0.0261. The van der Waals surface area contributed by atoms with Crippen LogP contribution in [0.5, 0.6) is 0 Å². The van der Waals surface area contributed by atoms with Crippen LogP contribution in [0.3, 0.4) is 0 Å². The minimum atomic E-state index is -0.824. The van der Waals surface area contributed by atoms with Crippen molar-refractivity contribution in [2.75, 3.05) is 13.2 Å². The second-order valence-electron chi connectivity index (χ2n) is 21.3. The van der Waals surface area contributed by atoms with Gasteiger partial charge in [0.1, 0.15) is 13.2 Å². The maximum absolute atomic E-state index is 12.9. The largest absolute Gasteiger partial charge is 0.462 e. The molecule has 0 aliphatic carbocycles. The molecule has 77 heavy (non-hydrogen) atoms. The first-order valence-electron chi connectivity index (χ1n) is 32.4. The van der Waals surface area contributed by atoms with E-state index >= 15 is 0 Å². The highest BCUT2D eigenvalue weighted by Crippen LogP contribution is 2.16. The van der Waals surface area contributed by atoms with E-state index in [2.05, 4.69) is 118 Å². The van der Waals surface area contributed by atoms with Crippen LogP contribution < -0.4 is 0 Å². The maximum atomic E-state index is 12.9. The molecule has 0 rings (SSSR count). The van der Waals surface area contributed by atoms with E-state index < -0.39 is 12.1 Å². The molecule has 0 saturated heterocycles. The van der Waals surface area contributed by atoms with Crippen LogP contribution in [0.2, 0.25) is 0 Å². The van der Waals surface area contributed by atoms with Gasteiger partial charge in [-0.3, -0.25) is 14.4 Å². The van der Waals surface area contributed by atoms with Crippen molar-refractivity contribution in [1.82, 2.24) is 0 Å². The molecule has 0 aromatic rings. The van der Waals surface area contributed by atoms with E-state index in [1.165, 1.54) is 180 Å². The van der Waals surface area contributed by atoms with E-state index in [-0.39, 0.29) is 31.6 Å². The molecule has 440 valence electrons. The summed E-state index contributed by atoms with van der Waals surface area (Å²) in [5.74, 6) is -1.04. The van der Waals surface area contributed by atoms with Crippen LogP contribution in [0.25, 0.3) is 0 Å². The molecule has 6 heteroatoms. The Bertz CT molecular complexity index is 1560. The third-order valence-electron chi connectivity index (χ3n) is 13.8. The summed E-state index contributed by atoms with van der Waals surface area (Å²) >= 11 is 0. The minimum absolute atomic E-state index is 0.111. The van der Waals surface area contributed by atoms with Crippen LogP contribution in [0.4, 0.5) is 0 Å². The zero-order valence-electron chi connectivity index (χ0n) is 50.4. The van der Waals surface area contributed by atoms with Crippen LogP contribution in [-0.4, -0.2) is 37.2 Å². The molecule has 0 amide bonds. The van der Waals surface area contributed by atoms with E-state index in [0.717, 1.165) is 83.5 Å². The first-order valence-corrected chi connectivity index (χ1v) is 32.4. The lowest BCUT2D eigenvalue weighted by atomic mass is 10.0. The molecule has 0 N–H and O–H groups in total. The van der Waals surface area contributed by atoms with Crippen molar-refractivity contribution in [3.63, 3.8) is 0 Å². The standard InChI is InChI=1S/C71H120O6/c1-4-7-10-13-16-19-22-25-28-30-32-33-34-35-36-37-39-40-43-46-49-52-55-58-61-64-70(73)76-67-68(66-75-69(72)63-60-57-54-51-48-45-42-27-24-21-18-15-12-9-6-3)77-71(74)65-62-59-56-53-50-47-44-41-38-31-29-26-23-20-17-14-11-8-5-2/h9,12,18,21-22,25-27,29-30,32,34-35,42,48,51,57,60,68H,4-8,10-11,13-17,19-20,23-24,28,31,33,36-41,43-47,49-50,52-56,58-59,61-67H2,1-3H3/b12-9-,21-18-,25-22-,29-26-,32-30-,35-34-,42-27-,51-48-,60-57-. The van der Waals surface area contributed by atoms with Crippen molar-refractivity contribution in [2.24, 2.45) is 0 Å². The minimum Gasteiger partial charge on any atom is -0.462 e. The summed E-state index contributed by atoms with van der Waals surface area (Å²) in [6.07, 6.45) is 88.4. The Balaban J connectivity index is 4.42. The lowest BCUT2D eigenvalue weighted by Gasteiger charge is -2.18. The molecule has 0 spiro atoms. The van der Waals surface area contributed by atoms with Gasteiger partial charge in [-0.25, -0.2) is 0 Å². The van der Waals surface area contributed by atoms with Gasteiger partial charge in [-0.2, -0.15) is 0 Å². The third-order valence-corrected chi connectivity index (χ3v) is 13.8. The van der Waals surface area contributed by atoms with Gasteiger partial charge in [-0.05, 0) is 109 Å². The summed E-state index contributed by atoms with van der Waals surface area (Å²) in [6, 6.07) is 0. The summed E-state index contributed by atoms with van der Waals surface area (Å²) in [5, 5.41) is 0. The summed E-state index contributed by atoms with van der Waals surface area (Å²) in [7, 11) is 0. The number of esters is 3. The average Bonchev–Trinajstić information content (AvgIpc) is 3.43. The fourth-order valence-electron chi connectivity index (χ4n) is 8.93. The average molecular weight is 1070 g/mol. The fourth-order valence-corrected chi connectivity index (χ4v) is 8.93. The summed E-state index contributed by atoms with van der Waals surface area (Å²) < 4.78 is 16.8. The number of unbranched alkanes of at least 4 members (excludes halogenated alkanes) is 30. The van der Waals surface area contributed by atoms with Gasteiger partial charge in [-0.1, -0.05) is 284 Å². The van der Waals surface area contributed by atoms with Gasteiger partial charge in [0, 0.05) is 12.8 Å². The second-order valence-corrected chi connectivity index (χ2v) is 21.3. The molecular weight excluding hydrogens is 949 g/mol. The Kier molecular flexibility index (Phi) is 61.3. The van der Waals surface area contributed by atoms with Gasteiger partial charge >= 0.3 is 17.9 Å². The van der Waals surface area contributed by atoms with Gasteiger partial charge in [0.2, 0.25) is 0 Å². The summed E-state index contributed by atoms with van der Waals surface area (Å²) in [5.41, 5.74) is 0. The highest BCUT2D eigenvalue weighted by molar-refractivity contribution is 5.72. The van der Waals surface area contributed by atoms with Crippen molar-refractivity contribution in [2.45, 2.75) is 309 Å². The lowest BCUT2D eigenvalue weighted by molar-refractivity contribution is -0.166. The van der Waals surface area contributed by atoms with Crippen LogP contribution in [0, 0.1) is 0 Å². The van der Waals surface area contributed by atoms with Crippen molar-refractivity contribution in [3.8, 4) is 0 Å². The SMILES string of the molecule is CC/C=C\C/C=C\C/C=C\C/C=C\C/C=C\CC(=O)OCC(COC(=O)CCCCCCCCCCCC/C=C\C/C=C\C/C=C\CCCCCCC)OC(=O)CCCCCCCCCCC/C=C\CCCCCCCC. The molecule has 0 aliphatic heterocycles. The molecule has 0 aliphatic rings. The highest BCUT2D eigenvalue weighted by Gasteiger charge is 2.19. The first kappa shape index (κ1) is 73.1. The molecule has 0 aromatic carbocycles. The predicted octanol–water partition coefficient (Wildman–Crippen LogP) is 22.2. The van der Waals surface area contributed by atoms with Gasteiger partial charge in [0.15, 0.2) is 6.10 Å². The van der Waals surface area contributed by atoms with E-state index in [1.54, 1.807) is 6.08 Å². The molecular formula is C71H120O6. The Morgan fingerprint density at radius 1 is 0.286 bits per heavy atom. The molecule has 0 aromatic heterocycles. The topological polar surface area (TPSA) is 78.9 Å². The number of allylic oxidation sites excluding steroid dienone is 17. The Labute approximate surface area is 476 Å². The zero-order valence-corrected chi connectivity index (χ0v) is 50.4. The smallest absolute Gasteiger partial charge is 0.309 e. The van der Waals surface area contributed by atoms with Gasteiger partial charge in [0.25, 0.3) is 0 Å². The number of ether oxygens (including phenoxy) is 3. The summed E-state index contributed by atoms with van der Waals surface area (Å²) in [6.45, 7) is 6.44. The zero-order chi connectivity index (χ0) is 55.7. The van der Waals surface area contributed by atoms with E-state index in [4.69, 9.17) is 14.2 Å². The van der Waals surface area contributed by atoms with Gasteiger partial charge in [0.05, 0.1) is 6.42 Å². The molecule has 0 radical (unpaired) electrons. The van der Waals surface area contributed by atoms with Crippen molar-refractivity contribution < 1.29 is 28.6 Å². The van der Waals surface area contributed by atoms with Crippen molar-refractivity contribution in [1.29, 1.82) is 0 Å². The fraction of sp³-hybridized carbons (Fsp3) is 0.704. The highest BCUT2D eigenvalue weighted by atomic mass is 16.6. The monoisotopic (exact) mass is 1070 g/mol. The van der Waals surface area contributed by atoms with Gasteiger partial charge in [-0.15, -0.1) is 0 Å². The van der Waals surface area contributed by atoms with Crippen LogP contribution >= 0.6 is 0 Å². The van der Waals surface area contributed by atoms with E-state index in [1.807, 2.05) is 6.08 Å². The lowest BCUT2D eigenvalue weighted by Crippen LogP contribution is -2.30. The van der Waals surface area contributed by atoms with Crippen molar-refractivity contribution in [3.05, 3.63) is 109 Å².